The molecule has 0 spiro atoms. The van der Waals surface area contributed by atoms with E-state index in [-0.39, 0.29) is 21.7 Å². The summed E-state index contributed by atoms with van der Waals surface area (Å²) in [5, 5.41) is 2.48. The molecule has 0 atom stereocenters. The van der Waals surface area contributed by atoms with Crippen LogP contribution in [0.3, 0.4) is 0 Å². The molecular formula is C82H71N3. The first-order valence-corrected chi connectivity index (χ1v) is 30.6. The van der Waals surface area contributed by atoms with Gasteiger partial charge in [0, 0.05) is 38.1 Å². The zero-order valence-corrected chi connectivity index (χ0v) is 51.0. The smallest absolute Gasteiger partial charge is 0.0544 e. The maximum atomic E-state index is 2.57. The minimum Gasteiger partial charge on any atom is -0.309 e. The van der Waals surface area contributed by atoms with Crippen LogP contribution in [0.4, 0.5) is 34.1 Å². The normalized spacial score (nSPS) is 15.9. The minimum atomic E-state index is -0.203. The highest BCUT2D eigenvalue weighted by Gasteiger charge is 2.48. The summed E-state index contributed by atoms with van der Waals surface area (Å²) >= 11 is 0. The first-order valence-electron chi connectivity index (χ1n) is 30.6. The lowest BCUT2D eigenvalue weighted by Crippen LogP contribution is -2.38. The van der Waals surface area contributed by atoms with Gasteiger partial charge in [0.15, 0.2) is 0 Å². The predicted octanol–water partition coefficient (Wildman–Crippen LogP) is 22.2. The van der Waals surface area contributed by atoms with Gasteiger partial charge in [0.2, 0.25) is 0 Å². The molecule has 0 amide bonds. The number of rotatable bonds is 5. The zero-order valence-electron chi connectivity index (χ0n) is 51.0. The Morgan fingerprint density at radius 3 is 0.835 bits per heavy atom. The summed E-state index contributed by atoms with van der Waals surface area (Å²) in [4.78, 5) is 5.14. The summed E-state index contributed by atoms with van der Waals surface area (Å²) in [6, 6.07) is 81.8. The topological polar surface area (TPSA) is 11.4 Å². The quantitative estimate of drug-likeness (QED) is 0.170. The van der Waals surface area contributed by atoms with Crippen molar-refractivity contribution in [3.63, 3.8) is 0 Å². The molecule has 11 aromatic carbocycles. The van der Waals surface area contributed by atoms with Crippen LogP contribution in [0, 0.1) is 27.7 Å². The van der Waals surface area contributed by atoms with Crippen LogP contribution in [0.2, 0.25) is 0 Å². The Balaban J connectivity index is 0.779. The van der Waals surface area contributed by atoms with E-state index in [1.807, 2.05) is 0 Å². The highest BCUT2D eigenvalue weighted by molar-refractivity contribution is 6.12. The lowest BCUT2D eigenvalue weighted by atomic mass is 9.65. The molecule has 0 radical (unpaired) electrons. The van der Waals surface area contributed by atoms with Gasteiger partial charge in [-0.05, 0) is 202 Å². The van der Waals surface area contributed by atoms with Gasteiger partial charge >= 0.3 is 0 Å². The highest BCUT2D eigenvalue weighted by Crippen LogP contribution is 2.63. The number of hydrogen-bond acceptors (Lipinski definition) is 2. The van der Waals surface area contributed by atoms with Crippen molar-refractivity contribution < 1.29 is 0 Å². The van der Waals surface area contributed by atoms with Crippen molar-refractivity contribution in [3.8, 4) is 50.2 Å². The van der Waals surface area contributed by atoms with Gasteiger partial charge < -0.3 is 14.4 Å². The van der Waals surface area contributed by atoms with Crippen molar-refractivity contribution in [3.05, 3.63) is 279 Å². The Kier molecular flexibility index (Phi) is 10.7. The monoisotopic (exact) mass is 1100 g/mol. The largest absolute Gasteiger partial charge is 0.309 e. The van der Waals surface area contributed by atoms with E-state index in [1.54, 1.807) is 0 Å². The molecule has 0 saturated heterocycles. The molecule has 0 fully saturated rings. The maximum Gasteiger partial charge on any atom is 0.0544 e. The van der Waals surface area contributed by atoms with E-state index in [4.69, 9.17) is 0 Å². The molecule has 3 heteroatoms. The SMILES string of the molecule is Cc1ccc2c(c1)C(C)(C)c1cc(-c3ccc(-c4ccc5c(c4)c4cc(-c6ccc(-c7cc8c9c(c7)C(C)(C)c7cc(C)ccc7N9c7ccc(C)cc7C8(C)C)cc6)ccc4n5-c4ccccc4)cc3)cc3c1N2c1ccc(C)cc1C3(C)C. The number of anilines is 6. The molecule has 0 bridgehead atoms. The number of hydrogen-bond donors (Lipinski definition) is 0. The Morgan fingerprint density at radius 2 is 0.529 bits per heavy atom. The summed E-state index contributed by atoms with van der Waals surface area (Å²) in [6.45, 7) is 28.3. The number of para-hydroxylation sites is 1. The average molecular weight is 1100 g/mol. The molecule has 4 aliphatic rings. The Bertz CT molecular complexity index is 4390. The third kappa shape index (κ3) is 7.32. The van der Waals surface area contributed by atoms with E-state index in [2.05, 4.69) is 310 Å². The summed E-state index contributed by atoms with van der Waals surface area (Å²) in [7, 11) is 0. The molecule has 0 saturated carbocycles. The van der Waals surface area contributed by atoms with Crippen LogP contribution >= 0.6 is 0 Å². The van der Waals surface area contributed by atoms with Crippen LogP contribution in [0.5, 0.6) is 0 Å². The third-order valence-corrected chi connectivity index (χ3v) is 20.5. The van der Waals surface area contributed by atoms with Crippen LogP contribution in [0.1, 0.15) is 122 Å². The Labute approximate surface area is 501 Å². The van der Waals surface area contributed by atoms with E-state index < -0.39 is 0 Å². The van der Waals surface area contributed by atoms with Gasteiger partial charge in [-0.25, -0.2) is 0 Å². The molecule has 5 heterocycles. The summed E-state index contributed by atoms with van der Waals surface area (Å²) in [6.07, 6.45) is 0. The first kappa shape index (κ1) is 51.5. The van der Waals surface area contributed by atoms with Crippen molar-refractivity contribution in [2.24, 2.45) is 0 Å². The standard InChI is InChI=1S/C82H71N3/c1-48-18-32-73-63(38-48)79(5,6)67-44-58(45-68-77(67)84(73)74-33-19-49(2)39-64(74)80(68,7)8)54-26-22-52(23-27-54)56-30-36-71-61(42-56)62-43-57(31-37-72(62)83(71)60-16-14-13-15-17-60)53-24-28-55(29-25-53)59-46-69-78-70(47-59)82(11,12)66-41-51(4)21-35-76(66)85(78)75-34-20-50(3)40-65(75)81(69,9)10/h13-47H,1-12H3. The highest BCUT2D eigenvalue weighted by atomic mass is 15.2. The van der Waals surface area contributed by atoms with Gasteiger partial charge in [-0.2, -0.15) is 0 Å². The lowest BCUT2D eigenvalue weighted by molar-refractivity contribution is 0.597. The van der Waals surface area contributed by atoms with Crippen molar-refractivity contribution in [2.45, 2.75) is 105 Å². The van der Waals surface area contributed by atoms with E-state index in [9.17, 15) is 0 Å². The van der Waals surface area contributed by atoms with Crippen molar-refractivity contribution in [2.75, 3.05) is 9.80 Å². The third-order valence-electron chi connectivity index (χ3n) is 20.5. The lowest BCUT2D eigenvalue weighted by Gasteiger charge is -2.50. The molecule has 16 rings (SSSR count). The van der Waals surface area contributed by atoms with Crippen LogP contribution in [-0.2, 0) is 21.7 Å². The van der Waals surface area contributed by atoms with Crippen molar-refractivity contribution in [1.82, 2.24) is 4.57 Å². The number of aromatic nitrogens is 1. The van der Waals surface area contributed by atoms with E-state index in [0.717, 1.165) is 5.69 Å². The molecule has 0 N–H and O–H groups in total. The summed E-state index contributed by atoms with van der Waals surface area (Å²) in [5.74, 6) is 0. The van der Waals surface area contributed by atoms with Crippen molar-refractivity contribution >= 4 is 55.9 Å². The van der Waals surface area contributed by atoms with Crippen LogP contribution < -0.4 is 9.80 Å². The van der Waals surface area contributed by atoms with E-state index >= 15 is 0 Å². The molecule has 4 aliphatic heterocycles. The second-order valence-electron chi connectivity index (χ2n) is 27.4. The van der Waals surface area contributed by atoms with Crippen LogP contribution in [-0.4, -0.2) is 4.57 Å². The maximum absolute atomic E-state index is 2.57. The molecule has 0 aliphatic carbocycles. The second-order valence-corrected chi connectivity index (χ2v) is 27.4. The van der Waals surface area contributed by atoms with Crippen LogP contribution in [0.15, 0.2) is 212 Å². The average Bonchev–Trinajstić information content (AvgIpc) is 1.40. The second kappa shape index (κ2) is 17.7. The molecule has 0 unspecified atom stereocenters. The molecule has 3 nitrogen and oxygen atoms in total. The van der Waals surface area contributed by atoms with Gasteiger partial charge in [-0.3, -0.25) is 0 Å². The molecule has 1 aromatic heterocycles. The number of aryl methyl sites for hydroxylation is 4. The summed E-state index contributed by atoms with van der Waals surface area (Å²) in [5.41, 5.74) is 36.5. The Morgan fingerprint density at radius 1 is 0.247 bits per heavy atom. The predicted molar refractivity (Wildman–Crippen MR) is 359 cm³/mol. The number of benzene rings is 11. The first-order chi connectivity index (χ1) is 40.8. The molecule has 12 aromatic rings. The molecular weight excluding hydrogens is 1030 g/mol. The molecule has 414 valence electrons. The fourth-order valence-electron chi connectivity index (χ4n) is 15.6. The van der Waals surface area contributed by atoms with Gasteiger partial charge in [0.25, 0.3) is 0 Å². The fraction of sp³-hybridized carbons (Fsp3) is 0.195. The number of nitrogens with zero attached hydrogens (tertiary/aromatic N) is 3. The van der Waals surface area contributed by atoms with Gasteiger partial charge in [-0.1, -0.05) is 205 Å². The summed E-state index contributed by atoms with van der Waals surface area (Å²) < 4.78 is 2.43. The van der Waals surface area contributed by atoms with Gasteiger partial charge in [0.1, 0.15) is 0 Å². The zero-order chi connectivity index (χ0) is 58.4. The van der Waals surface area contributed by atoms with Gasteiger partial charge in [0.05, 0.1) is 45.2 Å². The minimum absolute atomic E-state index is 0.203. The fourth-order valence-corrected chi connectivity index (χ4v) is 15.6. The Hall–Kier alpha value is -9.18. The molecule has 85 heavy (non-hydrogen) atoms. The van der Waals surface area contributed by atoms with E-state index in [0.29, 0.717) is 0 Å². The van der Waals surface area contributed by atoms with Gasteiger partial charge in [-0.15, -0.1) is 0 Å². The van der Waals surface area contributed by atoms with E-state index in [1.165, 1.54) is 167 Å². The van der Waals surface area contributed by atoms with Crippen molar-refractivity contribution in [1.29, 1.82) is 0 Å². The number of fused-ring (bicyclic) bond motifs is 11. The van der Waals surface area contributed by atoms with Crippen LogP contribution in [0.25, 0.3) is 72.0 Å².